The SMILES string of the molecule is Cc1ccccc1C1=NO[C@@H](CN(Cc2ccc(F)cc2)C(=O)NC(C)(C)C)C1. The van der Waals surface area contributed by atoms with Crippen molar-refractivity contribution in [3.8, 4) is 0 Å². The van der Waals surface area contributed by atoms with Crippen molar-refractivity contribution in [3.63, 3.8) is 0 Å². The number of oxime groups is 1. The molecule has 154 valence electrons. The Morgan fingerprint density at radius 2 is 1.90 bits per heavy atom. The molecule has 1 aliphatic heterocycles. The number of carbonyl (C=O) groups excluding carboxylic acids is 1. The summed E-state index contributed by atoms with van der Waals surface area (Å²) in [5.74, 6) is -0.296. The summed E-state index contributed by atoms with van der Waals surface area (Å²) in [4.78, 5) is 20.2. The number of hydrogen-bond donors (Lipinski definition) is 1. The number of nitrogens with zero attached hydrogens (tertiary/aromatic N) is 2. The lowest BCUT2D eigenvalue weighted by atomic mass is 10.0. The molecule has 29 heavy (non-hydrogen) atoms. The minimum atomic E-state index is -0.364. The van der Waals surface area contributed by atoms with Gasteiger partial charge in [0, 0.05) is 24.1 Å². The molecule has 0 aromatic heterocycles. The highest BCUT2D eigenvalue weighted by Gasteiger charge is 2.28. The van der Waals surface area contributed by atoms with Crippen LogP contribution in [0, 0.1) is 12.7 Å². The molecule has 6 heteroatoms. The summed E-state index contributed by atoms with van der Waals surface area (Å²) in [6.45, 7) is 8.61. The lowest BCUT2D eigenvalue weighted by molar-refractivity contribution is 0.0580. The molecule has 0 saturated heterocycles. The predicted octanol–water partition coefficient (Wildman–Crippen LogP) is 4.64. The number of hydrogen-bond acceptors (Lipinski definition) is 3. The van der Waals surface area contributed by atoms with Gasteiger partial charge in [0.1, 0.15) is 5.82 Å². The van der Waals surface area contributed by atoms with Crippen LogP contribution in [-0.2, 0) is 11.4 Å². The highest BCUT2D eigenvalue weighted by Crippen LogP contribution is 2.21. The molecule has 5 nitrogen and oxygen atoms in total. The van der Waals surface area contributed by atoms with Crippen molar-refractivity contribution in [2.24, 2.45) is 5.16 Å². The number of aryl methyl sites for hydroxylation is 1. The van der Waals surface area contributed by atoms with E-state index < -0.39 is 0 Å². The smallest absolute Gasteiger partial charge is 0.318 e. The molecule has 0 spiro atoms. The average Bonchev–Trinajstić information content (AvgIpc) is 3.10. The number of carbonyl (C=O) groups is 1. The molecule has 2 amide bonds. The third kappa shape index (κ3) is 5.79. The maximum Gasteiger partial charge on any atom is 0.318 e. The molecular formula is C23H28FN3O2. The third-order valence-corrected chi connectivity index (χ3v) is 4.67. The van der Waals surface area contributed by atoms with Crippen LogP contribution in [0.5, 0.6) is 0 Å². The fraction of sp³-hybridized carbons (Fsp3) is 0.391. The van der Waals surface area contributed by atoms with E-state index in [4.69, 9.17) is 4.84 Å². The topological polar surface area (TPSA) is 53.9 Å². The van der Waals surface area contributed by atoms with Crippen LogP contribution in [0.4, 0.5) is 9.18 Å². The Morgan fingerprint density at radius 1 is 1.21 bits per heavy atom. The van der Waals surface area contributed by atoms with Gasteiger partial charge in [-0.05, 0) is 51.0 Å². The quantitative estimate of drug-likeness (QED) is 0.799. The highest BCUT2D eigenvalue weighted by molar-refractivity contribution is 6.02. The fourth-order valence-corrected chi connectivity index (χ4v) is 3.26. The predicted molar refractivity (Wildman–Crippen MR) is 112 cm³/mol. The number of amides is 2. The summed E-state index contributed by atoms with van der Waals surface area (Å²) in [5, 5.41) is 7.26. The second-order valence-corrected chi connectivity index (χ2v) is 8.47. The van der Waals surface area contributed by atoms with Gasteiger partial charge in [0.2, 0.25) is 0 Å². The highest BCUT2D eigenvalue weighted by atomic mass is 19.1. The van der Waals surface area contributed by atoms with Crippen LogP contribution in [0.1, 0.15) is 43.9 Å². The molecule has 0 fully saturated rings. The van der Waals surface area contributed by atoms with Gasteiger partial charge in [-0.2, -0.15) is 0 Å². The van der Waals surface area contributed by atoms with Crippen molar-refractivity contribution in [1.29, 1.82) is 0 Å². The monoisotopic (exact) mass is 397 g/mol. The molecule has 2 aromatic carbocycles. The average molecular weight is 397 g/mol. The summed E-state index contributed by atoms with van der Waals surface area (Å²) in [6.07, 6.45) is 0.406. The largest absolute Gasteiger partial charge is 0.390 e. The molecular weight excluding hydrogens is 369 g/mol. The Hall–Kier alpha value is -2.89. The molecule has 2 aromatic rings. The Kier molecular flexibility index (Phi) is 6.20. The maximum absolute atomic E-state index is 13.2. The summed E-state index contributed by atoms with van der Waals surface area (Å²) < 4.78 is 13.2. The van der Waals surface area contributed by atoms with E-state index in [0.29, 0.717) is 19.5 Å². The van der Waals surface area contributed by atoms with E-state index in [9.17, 15) is 9.18 Å². The summed E-state index contributed by atoms with van der Waals surface area (Å²) in [6, 6.07) is 14.1. The Balaban J connectivity index is 1.70. The van der Waals surface area contributed by atoms with Gasteiger partial charge in [-0.15, -0.1) is 0 Å². The minimum Gasteiger partial charge on any atom is -0.390 e. The van der Waals surface area contributed by atoms with Crippen molar-refractivity contribution in [3.05, 3.63) is 71.0 Å². The zero-order valence-electron chi connectivity index (χ0n) is 17.4. The van der Waals surface area contributed by atoms with Gasteiger partial charge in [-0.25, -0.2) is 9.18 Å². The number of urea groups is 1. The molecule has 0 saturated carbocycles. The minimum absolute atomic E-state index is 0.185. The lowest BCUT2D eigenvalue weighted by Gasteiger charge is -2.29. The van der Waals surface area contributed by atoms with Gasteiger partial charge in [0.15, 0.2) is 6.10 Å². The van der Waals surface area contributed by atoms with E-state index in [-0.39, 0.29) is 23.5 Å². The van der Waals surface area contributed by atoms with Crippen LogP contribution in [0.25, 0.3) is 0 Å². The van der Waals surface area contributed by atoms with Crippen molar-refractivity contribution < 1.29 is 14.0 Å². The first-order valence-corrected chi connectivity index (χ1v) is 9.81. The normalized spacial score (nSPS) is 16.2. The molecule has 0 unspecified atom stereocenters. The van der Waals surface area contributed by atoms with E-state index >= 15 is 0 Å². The number of nitrogens with one attached hydrogen (secondary N) is 1. The third-order valence-electron chi connectivity index (χ3n) is 4.67. The van der Waals surface area contributed by atoms with Crippen LogP contribution in [0.15, 0.2) is 53.7 Å². The van der Waals surface area contributed by atoms with Gasteiger partial charge in [0.25, 0.3) is 0 Å². The van der Waals surface area contributed by atoms with Gasteiger partial charge in [-0.1, -0.05) is 41.6 Å². The Bertz CT molecular complexity index is 888. The van der Waals surface area contributed by atoms with E-state index in [1.54, 1.807) is 17.0 Å². The standard InChI is InChI=1S/C23H28FN3O2/c1-16-7-5-6-8-20(16)21-13-19(29-26-21)15-27(22(28)25-23(2,3)4)14-17-9-11-18(24)12-10-17/h5-12,19H,13-15H2,1-4H3,(H,25,28)/t19-/m1/s1. The van der Waals surface area contributed by atoms with Crippen LogP contribution in [0.2, 0.25) is 0 Å². The Morgan fingerprint density at radius 3 is 2.55 bits per heavy atom. The molecule has 1 heterocycles. The van der Waals surface area contributed by atoms with E-state index in [1.165, 1.54) is 12.1 Å². The first-order valence-electron chi connectivity index (χ1n) is 9.81. The first-order chi connectivity index (χ1) is 13.7. The zero-order valence-corrected chi connectivity index (χ0v) is 17.4. The van der Waals surface area contributed by atoms with E-state index in [1.807, 2.05) is 52.0 Å². The van der Waals surface area contributed by atoms with Gasteiger partial charge < -0.3 is 15.1 Å². The molecule has 0 radical (unpaired) electrons. The number of benzene rings is 2. The van der Waals surface area contributed by atoms with Crippen molar-refractivity contribution in [1.82, 2.24) is 10.2 Å². The molecule has 3 rings (SSSR count). The van der Waals surface area contributed by atoms with Gasteiger partial charge in [0.05, 0.1) is 12.3 Å². The lowest BCUT2D eigenvalue weighted by Crippen LogP contribution is -2.50. The van der Waals surface area contributed by atoms with Crippen molar-refractivity contribution in [2.75, 3.05) is 6.54 Å². The van der Waals surface area contributed by atoms with Crippen molar-refractivity contribution in [2.45, 2.75) is 52.3 Å². The molecule has 0 bridgehead atoms. The maximum atomic E-state index is 13.2. The molecule has 1 N–H and O–H groups in total. The zero-order chi connectivity index (χ0) is 21.0. The van der Waals surface area contributed by atoms with Gasteiger partial charge >= 0.3 is 6.03 Å². The second-order valence-electron chi connectivity index (χ2n) is 8.47. The van der Waals surface area contributed by atoms with Gasteiger partial charge in [-0.3, -0.25) is 0 Å². The van der Waals surface area contributed by atoms with Crippen LogP contribution < -0.4 is 5.32 Å². The Labute approximate surface area is 171 Å². The summed E-state index contributed by atoms with van der Waals surface area (Å²) >= 11 is 0. The van der Waals surface area contributed by atoms with E-state index in [0.717, 1.165) is 22.4 Å². The van der Waals surface area contributed by atoms with Crippen LogP contribution in [-0.4, -0.2) is 34.8 Å². The number of rotatable bonds is 5. The summed E-state index contributed by atoms with van der Waals surface area (Å²) in [7, 11) is 0. The number of halogens is 1. The molecule has 1 atom stereocenters. The van der Waals surface area contributed by atoms with Crippen molar-refractivity contribution >= 4 is 11.7 Å². The van der Waals surface area contributed by atoms with E-state index in [2.05, 4.69) is 10.5 Å². The van der Waals surface area contributed by atoms with Crippen LogP contribution in [0.3, 0.4) is 0 Å². The first kappa shape index (κ1) is 20.8. The summed E-state index contributed by atoms with van der Waals surface area (Å²) in [5.41, 5.74) is 3.60. The fourth-order valence-electron chi connectivity index (χ4n) is 3.26. The molecule has 1 aliphatic rings. The van der Waals surface area contributed by atoms with Crippen LogP contribution >= 0.6 is 0 Å². The molecule has 0 aliphatic carbocycles. The second kappa shape index (κ2) is 8.64.